The molecule has 7 heteroatoms. The van der Waals surface area contributed by atoms with Gasteiger partial charge in [0.2, 0.25) is 0 Å². The summed E-state index contributed by atoms with van der Waals surface area (Å²) in [4.78, 5) is 14.6. The minimum Gasteiger partial charge on any atom is -0.303 e. The maximum absolute atomic E-state index is 13.0. The van der Waals surface area contributed by atoms with E-state index in [4.69, 9.17) is 0 Å². The van der Waals surface area contributed by atoms with Gasteiger partial charge in [-0.2, -0.15) is 27.1 Å². The molecule has 0 saturated carbocycles. The molecule has 6 nitrogen and oxygen atoms in total. The van der Waals surface area contributed by atoms with Crippen molar-refractivity contribution in [2.75, 3.05) is 17.7 Å². The summed E-state index contributed by atoms with van der Waals surface area (Å²) in [5.74, 6) is -0.115. The number of hydrogen-bond donors (Lipinski definition) is 0. The van der Waals surface area contributed by atoms with Crippen LogP contribution in [-0.2, 0) is 0 Å². The molecule has 2 rings (SSSR count). The zero-order valence-corrected chi connectivity index (χ0v) is 15.3. The Balaban J connectivity index is 2.34. The molecule has 0 fully saturated rings. The number of aromatic nitrogens is 4. The fourth-order valence-corrected chi connectivity index (χ4v) is 2.97. The van der Waals surface area contributed by atoms with Crippen LogP contribution < -0.4 is 4.90 Å². The van der Waals surface area contributed by atoms with Gasteiger partial charge >= 0.3 is 0 Å². The van der Waals surface area contributed by atoms with Crippen molar-refractivity contribution >= 4 is 23.4 Å². The van der Waals surface area contributed by atoms with Crippen molar-refractivity contribution in [2.24, 2.45) is 0 Å². The molecule has 0 aromatic carbocycles. The van der Waals surface area contributed by atoms with Gasteiger partial charge in [0.25, 0.3) is 5.91 Å². The van der Waals surface area contributed by atoms with Crippen LogP contribution in [-0.4, -0.2) is 43.9 Å². The Hall–Kier alpha value is -2.15. The molecule has 2 heterocycles. The Bertz CT molecular complexity index is 700. The van der Waals surface area contributed by atoms with E-state index < -0.39 is 0 Å². The van der Waals surface area contributed by atoms with Gasteiger partial charge in [-0.1, -0.05) is 13.0 Å². The van der Waals surface area contributed by atoms with Gasteiger partial charge in [0, 0.05) is 17.5 Å². The van der Waals surface area contributed by atoms with Crippen molar-refractivity contribution in [1.29, 1.82) is 0 Å². The maximum atomic E-state index is 13.0. The van der Waals surface area contributed by atoms with Crippen molar-refractivity contribution < 1.29 is 4.79 Å². The van der Waals surface area contributed by atoms with E-state index >= 15 is 0 Å². The van der Waals surface area contributed by atoms with Gasteiger partial charge in [0.1, 0.15) is 0 Å². The highest BCUT2D eigenvalue weighted by Crippen LogP contribution is 2.24. The standard InChI is InChI=1S/C17H23N5OS/c1-6-9-21(15-7-8-18-19-10-15)17(23)16-11-20-22(13(16)3)12(2)14(4)24-5/h6-8,10-12,14H,1,9H2,2-5H3. The molecule has 0 aliphatic heterocycles. The van der Waals surface area contributed by atoms with Crippen LogP contribution in [0.4, 0.5) is 5.69 Å². The summed E-state index contributed by atoms with van der Waals surface area (Å²) in [6.07, 6.45) is 8.55. The molecule has 2 aromatic heterocycles. The molecular weight excluding hydrogens is 322 g/mol. The van der Waals surface area contributed by atoms with Crippen LogP contribution in [0.2, 0.25) is 0 Å². The minimum atomic E-state index is -0.115. The Labute approximate surface area is 147 Å². The van der Waals surface area contributed by atoms with Crippen LogP contribution in [0.25, 0.3) is 0 Å². The molecule has 128 valence electrons. The molecule has 0 N–H and O–H groups in total. The Kier molecular flexibility index (Phi) is 6.14. The molecule has 2 unspecified atom stereocenters. The number of rotatable bonds is 7. The van der Waals surface area contributed by atoms with E-state index in [0.29, 0.717) is 23.0 Å². The van der Waals surface area contributed by atoms with Gasteiger partial charge in [-0.3, -0.25) is 9.48 Å². The first-order valence-corrected chi connectivity index (χ1v) is 9.06. The van der Waals surface area contributed by atoms with E-state index in [0.717, 1.165) is 5.69 Å². The summed E-state index contributed by atoms with van der Waals surface area (Å²) in [6.45, 7) is 10.3. The van der Waals surface area contributed by atoms with Crippen LogP contribution in [0, 0.1) is 6.92 Å². The SMILES string of the molecule is C=CCN(C(=O)c1cnn(C(C)C(C)SC)c1C)c1ccnnc1. The summed E-state index contributed by atoms with van der Waals surface area (Å²) in [5.41, 5.74) is 2.14. The highest BCUT2D eigenvalue weighted by Gasteiger charge is 2.24. The van der Waals surface area contributed by atoms with Crippen LogP contribution in [0.1, 0.15) is 35.9 Å². The molecule has 0 bridgehead atoms. The molecule has 0 aliphatic carbocycles. The van der Waals surface area contributed by atoms with Gasteiger partial charge in [-0.25, -0.2) is 0 Å². The molecule has 2 aromatic rings. The number of anilines is 1. The fraction of sp³-hybridized carbons (Fsp3) is 0.412. The van der Waals surface area contributed by atoms with E-state index in [1.807, 2.05) is 11.6 Å². The first-order chi connectivity index (χ1) is 11.5. The third kappa shape index (κ3) is 3.67. The number of thioether (sulfide) groups is 1. The second-order valence-electron chi connectivity index (χ2n) is 5.57. The third-order valence-corrected chi connectivity index (χ3v) is 5.29. The van der Waals surface area contributed by atoms with Crippen LogP contribution in [0.5, 0.6) is 0 Å². The van der Waals surface area contributed by atoms with E-state index in [1.165, 1.54) is 0 Å². The monoisotopic (exact) mass is 345 g/mol. The predicted octanol–water partition coefficient (Wildman–Crippen LogP) is 3.13. The molecule has 2 atom stereocenters. The Morgan fingerprint density at radius 1 is 1.42 bits per heavy atom. The summed E-state index contributed by atoms with van der Waals surface area (Å²) >= 11 is 1.78. The number of carbonyl (C=O) groups excluding carboxylic acids is 1. The topological polar surface area (TPSA) is 63.9 Å². The lowest BCUT2D eigenvalue weighted by Crippen LogP contribution is -2.31. The largest absolute Gasteiger partial charge is 0.303 e. The van der Waals surface area contributed by atoms with Gasteiger partial charge < -0.3 is 4.90 Å². The molecular formula is C17H23N5OS. The van der Waals surface area contributed by atoms with Crippen LogP contribution in [0.15, 0.2) is 37.3 Å². The normalized spacial score (nSPS) is 13.3. The molecule has 0 spiro atoms. The van der Waals surface area contributed by atoms with Gasteiger partial charge in [-0.05, 0) is 26.2 Å². The zero-order valence-electron chi connectivity index (χ0n) is 14.5. The van der Waals surface area contributed by atoms with Crippen molar-refractivity contribution in [3.63, 3.8) is 0 Å². The second-order valence-corrected chi connectivity index (χ2v) is 6.79. The first kappa shape index (κ1) is 18.2. The smallest absolute Gasteiger partial charge is 0.262 e. The van der Waals surface area contributed by atoms with Crippen molar-refractivity contribution in [3.8, 4) is 0 Å². The van der Waals surface area contributed by atoms with Crippen molar-refractivity contribution in [2.45, 2.75) is 32.1 Å². The lowest BCUT2D eigenvalue weighted by atomic mass is 10.2. The Morgan fingerprint density at radius 3 is 2.75 bits per heavy atom. The molecule has 0 aliphatic rings. The Morgan fingerprint density at radius 2 is 2.17 bits per heavy atom. The number of nitrogens with zero attached hydrogens (tertiary/aromatic N) is 5. The summed E-state index contributed by atoms with van der Waals surface area (Å²) in [7, 11) is 0. The van der Waals surface area contributed by atoms with Gasteiger partial charge in [0.15, 0.2) is 0 Å². The van der Waals surface area contributed by atoms with E-state index in [9.17, 15) is 4.79 Å². The van der Waals surface area contributed by atoms with E-state index in [2.05, 4.69) is 42.0 Å². The summed E-state index contributed by atoms with van der Waals surface area (Å²) in [6, 6.07) is 1.96. The number of hydrogen-bond acceptors (Lipinski definition) is 5. The van der Waals surface area contributed by atoms with Crippen molar-refractivity contribution in [3.05, 3.63) is 48.6 Å². The quantitative estimate of drug-likeness (QED) is 0.722. The molecule has 24 heavy (non-hydrogen) atoms. The second kappa shape index (κ2) is 8.10. The van der Waals surface area contributed by atoms with E-state index in [-0.39, 0.29) is 11.9 Å². The van der Waals surface area contributed by atoms with Crippen LogP contribution in [0.3, 0.4) is 0 Å². The maximum Gasteiger partial charge on any atom is 0.262 e. The molecule has 1 amide bonds. The van der Waals surface area contributed by atoms with E-state index in [1.54, 1.807) is 47.4 Å². The minimum absolute atomic E-state index is 0.115. The third-order valence-electron chi connectivity index (χ3n) is 4.15. The molecule has 0 saturated heterocycles. The highest BCUT2D eigenvalue weighted by atomic mass is 32.2. The average Bonchev–Trinajstić information content (AvgIpc) is 2.99. The average molecular weight is 345 g/mol. The highest BCUT2D eigenvalue weighted by molar-refractivity contribution is 7.99. The number of carbonyl (C=O) groups is 1. The predicted molar refractivity (Wildman–Crippen MR) is 98.6 cm³/mol. The molecule has 0 radical (unpaired) electrons. The number of amides is 1. The zero-order chi connectivity index (χ0) is 17.7. The lowest BCUT2D eigenvalue weighted by molar-refractivity contribution is 0.0989. The van der Waals surface area contributed by atoms with Gasteiger partial charge in [0.05, 0.1) is 35.9 Å². The summed E-state index contributed by atoms with van der Waals surface area (Å²) in [5, 5.41) is 12.5. The van der Waals surface area contributed by atoms with Gasteiger partial charge in [-0.15, -0.1) is 6.58 Å². The first-order valence-electron chi connectivity index (χ1n) is 7.77. The lowest BCUT2D eigenvalue weighted by Gasteiger charge is -2.22. The van der Waals surface area contributed by atoms with Crippen molar-refractivity contribution in [1.82, 2.24) is 20.0 Å². The summed E-state index contributed by atoms with van der Waals surface area (Å²) < 4.78 is 1.92. The van der Waals surface area contributed by atoms with Crippen LogP contribution >= 0.6 is 11.8 Å². The fourth-order valence-electron chi connectivity index (χ4n) is 2.46.